The van der Waals surface area contributed by atoms with Crippen LogP contribution in [0.5, 0.6) is 0 Å². The van der Waals surface area contributed by atoms with Crippen LogP contribution in [0.2, 0.25) is 6.32 Å². The summed E-state index contributed by atoms with van der Waals surface area (Å²) in [6, 6.07) is 0. The zero-order valence-electron chi connectivity index (χ0n) is 28.1. The van der Waals surface area contributed by atoms with Crippen LogP contribution in [0, 0.1) is 5.41 Å². The average molecular weight is 643 g/mol. The van der Waals surface area contributed by atoms with Crippen molar-refractivity contribution in [2.75, 3.05) is 38.5 Å². The molecule has 44 heavy (non-hydrogen) atoms. The van der Waals surface area contributed by atoms with Crippen molar-refractivity contribution in [1.82, 2.24) is 20.9 Å². The minimum Gasteiger partial charge on any atom is -0.374 e. The van der Waals surface area contributed by atoms with Gasteiger partial charge in [0.1, 0.15) is 13.5 Å². The molecule has 10 nitrogen and oxygen atoms in total. The number of nitrogens with one attached hydrogen (secondary N) is 3. The van der Waals surface area contributed by atoms with Crippen LogP contribution in [0.25, 0.3) is 0 Å². The Morgan fingerprint density at radius 1 is 0.977 bits per heavy atom. The van der Waals surface area contributed by atoms with Gasteiger partial charge in [-0.2, -0.15) is 0 Å². The van der Waals surface area contributed by atoms with Crippen LogP contribution in [-0.4, -0.2) is 97.3 Å². The molecule has 1 aliphatic rings. The largest absolute Gasteiger partial charge is 0.374 e. The molecule has 1 heterocycles. The first kappa shape index (κ1) is 39.9. The molecule has 0 aromatic heterocycles. The molecule has 13 heteroatoms. The molecule has 0 spiro atoms. The van der Waals surface area contributed by atoms with Gasteiger partial charge in [-0.25, -0.2) is 4.39 Å². The van der Waals surface area contributed by atoms with Crippen LogP contribution in [0.15, 0.2) is 0 Å². The molecule has 1 saturated heterocycles. The van der Waals surface area contributed by atoms with Gasteiger partial charge in [0, 0.05) is 39.0 Å². The van der Waals surface area contributed by atoms with Gasteiger partial charge in [0.25, 0.3) is 0 Å². The maximum atomic E-state index is 14.0. The number of rotatable bonds is 23. The summed E-state index contributed by atoms with van der Waals surface area (Å²) in [6.45, 7) is 11.3. The highest BCUT2D eigenvalue weighted by atomic mass is 32.2. The molecule has 0 saturated carbocycles. The molecule has 1 rings (SSSR count). The van der Waals surface area contributed by atoms with Crippen molar-refractivity contribution in [1.29, 1.82) is 0 Å². The second kappa shape index (κ2) is 19.4. The Morgan fingerprint density at radius 3 is 2.27 bits per heavy atom. The average Bonchev–Trinajstić information content (AvgIpc) is 3.22. The van der Waals surface area contributed by atoms with E-state index in [1.54, 1.807) is 32.5 Å². The van der Waals surface area contributed by atoms with E-state index in [-0.39, 0.29) is 80.8 Å². The molecular formula is C31H56BFN4O6S. The molecule has 3 N–H and O–H groups in total. The van der Waals surface area contributed by atoms with Gasteiger partial charge in [-0.1, -0.05) is 32.5 Å². The molecule has 0 aliphatic carbocycles. The number of alkyl halides is 1. The first-order valence-electron chi connectivity index (χ1n) is 16.1. The van der Waals surface area contributed by atoms with E-state index in [2.05, 4.69) is 23.8 Å². The molecule has 1 aliphatic heterocycles. The zero-order chi connectivity index (χ0) is 33.4. The Bertz CT molecular complexity index is 965. The van der Waals surface area contributed by atoms with Gasteiger partial charge in [-0.15, -0.1) is 11.8 Å². The van der Waals surface area contributed by atoms with E-state index >= 15 is 0 Å². The highest BCUT2D eigenvalue weighted by Crippen LogP contribution is 2.27. The fourth-order valence-corrected chi connectivity index (χ4v) is 5.59. The number of ether oxygens (including phenoxy) is 1. The fourth-order valence-electron chi connectivity index (χ4n) is 4.41. The summed E-state index contributed by atoms with van der Waals surface area (Å²) in [5.74, 6) is -0.420. The van der Waals surface area contributed by atoms with Crippen molar-refractivity contribution in [3.05, 3.63) is 0 Å². The van der Waals surface area contributed by atoms with Crippen LogP contribution in [-0.2, 0) is 28.7 Å². The standard InChI is InChI=1S/C31H56BFN4O6S/c1-7-31(6,33)21-25(39)35-16-17-36-28(42)29(2,3)22-43-30(4,5)13-15-34-24(38)12-18-37-26(40)20-23(27(37)41)44-19-11-9-8-10-14-32/h23H,7-22,32H2,1-6H3,(H,34,38)(H,35,39)(H,36,42). The topological polar surface area (TPSA) is 134 Å². The number of nitrogens with zero attached hydrogens (tertiary/aromatic N) is 1. The third kappa shape index (κ3) is 15.7. The molecule has 5 amide bonds. The summed E-state index contributed by atoms with van der Waals surface area (Å²) < 4.78 is 20.0. The normalized spacial score (nSPS) is 17.0. The molecule has 0 radical (unpaired) electrons. The van der Waals surface area contributed by atoms with Gasteiger partial charge in [-0.05, 0) is 59.6 Å². The second-order valence-electron chi connectivity index (χ2n) is 13.2. The lowest BCUT2D eigenvalue weighted by Crippen LogP contribution is -2.45. The van der Waals surface area contributed by atoms with Crippen molar-refractivity contribution in [3.8, 4) is 0 Å². The van der Waals surface area contributed by atoms with Gasteiger partial charge >= 0.3 is 0 Å². The van der Waals surface area contributed by atoms with Gasteiger partial charge in [0.2, 0.25) is 29.5 Å². The van der Waals surface area contributed by atoms with Crippen LogP contribution in [0.1, 0.15) is 99.3 Å². The monoisotopic (exact) mass is 642 g/mol. The van der Waals surface area contributed by atoms with Crippen LogP contribution in [0.3, 0.4) is 0 Å². The van der Waals surface area contributed by atoms with E-state index in [4.69, 9.17) is 4.74 Å². The van der Waals surface area contributed by atoms with Crippen molar-refractivity contribution < 1.29 is 33.1 Å². The third-order valence-electron chi connectivity index (χ3n) is 7.82. The molecular weight excluding hydrogens is 586 g/mol. The summed E-state index contributed by atoms with van der Waals surface area (Å²) >= 11 is 1.55. The Kier molecular flexibility index (Phi) is 17.6. The number of hydrogen-bond donors (Lipinski definition) is 3. The van der Waals surface area contributed by atoms with E-state index in [9.17, 15) is 28.4 Å². The van der Waals surface area contributed by atoms with Crippen molar-refractivity contribution in [2.24, 2.45) is 5.41 Å². The van der Waals surface area contributed by atoms with Gasteiger partial charge < -0.3 is 20.7 Å². The van der Waals surface area contributed by atoms with Gasteiger partial charge in [0.15, 0.2) is 0 Å². The number of likely N-dealkylation sites (tertiary alicyclic amines) is 1. The van der Waals surface area contributed by atoms with Crippen molar-refractivity contribution >= 4 is 49.1 Å². The maximum absolute atomic E-state index is 14.0. The predicted octanol–water partition coefficient (Wildman–Crippen LogP) is 2.94. The smallest absolute Gasteiger partial charge is 0.242 e. The van der Waals surface area contributed by atoms with E-state index in [0.29, 0.717) is 13.0 Å². The molecule has 2 atom stereocenters. The van der Waals surface area contributed by atoms with Crippen molar-refractivity contribution in [3.63, 3.8) is 0 Å². The summed E-state index contributed by atoms with van der Waals surface area (Å²) in [7, 11) is 2.17. The minimum absolute atomic E-state index is 0.0481. The maximum Gasteiger partial charge on any atom is 0.242 e. The number of halogens is 1. The van der Waals surface area contributed by atoms with E-state index < -0.39 is 22.6 Å². The fraction of sp³-hybridized carbons (Fsp3) is 0.839. The highest BCUT2D eigenvalue weighted by Gasteiger charge is 2.38. The Hall–Kier alpha value is -2.15. The van der Waals surface area contributed by atoms with E-state index in [1.807, 2.05) is 13.8 Å². The molecule has 0 aromatic rings. The van der Waals surface area contributed by atoms with E-state index in [0.717, 1.165) is 18.6 Å². The lowest BCUT2D eigenvalue weighted by Gasteiger charge is -2.31. The SMILES string of the molecule is BCCCCCCSC1CC(=O)N(CCC(=O)NCCC(C)(C)OCC(C)(C)C(=O)NCCNC(=O)CC(C)(F)CC)C1=O. The first-order chi connectivity index (χ1) is 20.5. The predicted molar refractivity (Wildman–Crippen MR) is 176 cm³/mol. The van der Waals surface area contributed by atoms with E-state index in [1.165, 1.54) is 31.0 Å². The molecule has 252 valence electrons. The number of unbranched alkanes of at least 4 members (excludes halogenated alkanes) is 3. The van der Waals surface area contributed by atoms with Crippen LogP contribution < -0.4 is 16.0 Å². The summed E-state index contributed by atoms with van der Waals surface area (Å²) in [5.41, 5.74) is -3.02. The Morgan fingerprint density at radius 2 is 1.61 bits per heavy atom. The van der Waals surface area contributed by atoms with Crippen LogP contribution in [0.4, 0.5) is 4.39 Å². The molecule has 2 unspecified atom stereocenters. The highest BCUT2D eigenvalue weighted by molar-refractivity contribution is 8.00. The number of thioether (sulfide) groups is 1. The van der Waals surface area contributed by atoms with Crippen molar-refractivity contribution in [2.45, 2.75) is 122 Å². The number of amides is 5. The first-order valence-corrected chi connectivity index (χ1v) is 17.2. The quantitative estimate of drug-likeness (QED) is 0.0887. The number of carbonyl (C=O) groups excluding carboxylic acids is 5. The summed E-state index contributed by atoms with van der Waals surface area (Å²) in [6.07, 6.45) is 6.55. The Balaban J connectivity index is 2.31. The number of hydrogen-bond acceptors (Lipinski definition) is 7. The Labute approximate surface area is 268 Å². The number of imide groups is 1. The summed E-state index contributed by atoms with van der Waals surface area (Å²) in [4.78, 5) is 63.2. The van der Waals surface area contributed by atoms with Gasteiger partial charge in [-0.3, -0.25) is 28.9 Å². The summed E-state index contributed by atoms with van der Waals surface area (Å²) in [5, 5.41) is 7.89. The molecule has 0 bridgehead atoms. The molecule has 1 fully saturated rings. The van der Waals surface area contributed by atoms with Crippen LogP contribution >= 0.6 is 11.8 Å². The zero-order valence-corrected chi connectivity index (χ0v) is 28.9. The number of carbonyl (C=O) groups is 5. The lowest BCUT2D eigenvalue weighted by atomic mass is 9.93. The molecule has 0 aromatic carbocycles. The third-order valence-corrected chi connectivity index (χ3v) is 9.11. The second-order valence-corrected chi connectivity index (χ2v) is 14.5. The minimum atomic E-state index is -1.55. The lowest BCUT2D eigenvalue weighted by molar-refractivity contribution is -0.139. The van der Waals surface area contributed by atoms with Gasteiger partial charge in [0.05, 0.1) is 29.3 Å².